The molecule has 7 nitrogen and oxygen atoms in total. The molecular weight excluding hydrogens is 398 g/mol. The number of hydrogen-bond donors (Lipinski definition) is 3. The highest BCUT2D eigenvalue weighted by molar-refractivity contribution is 7.11. The van der Waals surface area contributed by atoms with Gasteiger partial charge in [0.2, 0.25) is 5.91 Å². The third kappa shape index (κ3) is 5.57. The van der Waals surface area contributed by atoms with Crippen LogP contribution in [0.2, 0.25) is 0 Å². The van der Waals surface area contributed by atoms with Crippen molar-refractivity contribution in [1.29, 1.82) is 0 Å². The van der Waals surface area contributed by atoms with Crippen molar-refractivity contribution in [3.63, 3.8) is 0 Å². The van der Waals surface area contributed by atoms with Crippen LogP contribution in [0, 0.1) is 12.8 Å². The Balaban J connectivity index is 1.70. The van der Waals surface area contributed by atoms with Gasteiger partial charge in [-0.3, -0.25) is 9.69 Å². The van der Waals surface area contributed by atoms with Crippen LogP contribution in [-0.2, 0) is 4.79 Å². The van der Waals surface area contributed by atoms with Gasteiger partial charge in [-0.15, -0.1) is 0 Å². The van der Waals surface area contributed by atoms with Crippen molar-refractivity contribution in [1.82, 2.24) is 9.27 Å². The summed E-state index contributed by atoms with van der Waals surface area (Å²) in [5.74, 6) is 0.206. The zero-order valence-electron chi connectivity index (χ0n) is 18.1. The van der Waals surface area contributed by atoms with Gasteiger partial charge >= 0.3 is 0 Å². The first kappa shape index (κ1) is 22.7. The van der Waals surface area contributed by atoms with Crippen molar-refractivity contribution >= 4 is 28.1 Å². The Bertz CT molecular complexity index is 829. The second-order valence-electron chi connectivity index (χ2n) is 8.30. The maximum atomic E-state index is 12.5. The van der Waals surface area contributed by atoms with Gasteiger partial charge in [-0.25, -0.2) is 0 Å². The number of hydrogen-bond acceptors (Lipinski definition) is 7. The first-order chi connectivity index (χ1) is 14.4. The van der Waals surface area contributed by atoms with Crippen LogP contribution in [0.5, 0.6) is 0 Å². The molecular formula is C22H33N5O2S. The van der Waals surface area contributed by atoms with Gasteiger partial charge in [0.25, 0.3) is 0 Å². The lowest BCUT2D eigenvalue weighted by Gasteiger charge is -2.35. The number of benzene rings is 1. The van der Waals surface area contributed by atoms with Crippen LogP contribution in [0.15, 0.2) is 24.3 Å². The number of aliphatic hydroxyl groups excluding tert-OH is 1. The Kier molecular flexibility index (Phi) is 7.82. The number of carbonyl (C=O) groups is 1. The van der Waals surface area contributed by atoms with Gasteiger partial charge in [0, 0.05) is 44.0 Å². The minimum Gasteiger partial charge on any atom is -0.395 e. The van der Waals surface area contributed by atoms with Gasteiger partial charge in [0.15, 0.2) is 0 Å². The number of amides is 1. The SMILES string of the molecule is Cc1nsc(NC(=O)[C@@H](N)CC(C)C)c1-c1ccc(N2CCN(CCO)CC2)cc1. The van der Waals surface area contributed by atoms with Crippen molar-refractivity contribution in [2.24, 2.45) is 11.7 Å². The van der Waals surface area contributed by atoms with E-state index in [4.69, 9.17) is 10.8 Å². The van der Waals surface area contributed by atoms with Crippen molar-refractivity contribution < 1.29 is 9.90 Å². The van der Waals surface area contributed by atoms with Gasteiger partial charge < -0.3 is 21.1 Å². The number of aryl methyl sites for hydroxylation is 1. The number of piperazine rings is 1. The van der Waals surface area contributed by atoms with E-state index in [2.05, 4.69) is 57.6 Å². The molecule has 0 saturated carbocycles. The number of carbonyl (C=O) groups excluding carboxylic acids is 1. The molecule has 1 aliphatic heterocycles. The Morgan fingerprint density at radius 3 is 2.50 bits per heavy atom. The summed E-state index contributed by atoms with van der Waals surface area (Å²) in [6, 6.07) is 7.92. The average Bonchev–Trinajstić information content (AvgIpc) is 3.08. The monoisotopic (exact) mass is 431 g/mol. The van der Waals surface area contributed by atoms with Crippen molar-refractivity contribution in [2.75, 3.05) is 49.5 Å². The second-order valence-corrected chi connectivity index (χ2v) is 9.07. The van der Waals surface area contributed by atoms with E-state index in [0.29, 0.717) is 12.3 Å². The molecule has 1 amide bonds. The number of aromatic nitrogens is 1. The van der Waals surface area contributed by atoms with E-state index in [1.807, 2.05) is 6.92 Å². The zero-order valence-corrected chi connectivity index (χ0v) is 18.9. The lowest BCUT2D eigenvalue weighted by Crippen LogP contribution is -2.47. The van der Waals surface area contributed by atoms with Crippen LogP contribution < -0.4 is 16.0 Å². The summed E-state index contributed by atoms with van der Waals surface area (Å²) in [4.78, 5) is 17.1. The predicted octanol–water partition coefficient (Wildman–Crippen LogP) is 2.54. The van der Waals surface area contributed by atoms with Crippen LogP contribution in [-0.4, -0.2) is 65.7 Å². The van der Waals surface area contributed by atoms with E-state index in [1.54, 1.807) is 0 Å². The number of nitrogens with zero attached hydrogens (tertiary/aromatic N) is 3. The molecule has 30 heavy (non-hydrogen) atoms. The molecule has 2 aromatic rings. The lowest BCUT2D eigenvalue weighted by atomic mass is 10.0. The Labute approximate surface area is 183 Å². The molecule has 3 rings (SSSR count). The maximum Gasteiger partial charge on any atom is 0.241 e. The quantitative estimate of drug-likeness (QED) is 0.595. The number of nitrogens with two attached hydrogens (primary N) is 1. The highest BCUT2D eigenvalue weighted by atomic mass is 32.1. The fourth-order valence-corrected chi connectivity index (χ4v) is 4.65. The molecule has 164 valence electrons. The van der Waals surface area contributed by atoms with Crippen LogP contribution in [0.25, 0.3) is 11.1 Å². The Morgan fingerprint density at radius 1 is 1.23 bits per heavy atom. The summed E-state index contributed by atoms with van der Waals surface area (Å²) < 4.78 is 4.45. The van der Waals surface area contributed by atoms with E-state index in [0.717, 1.165) is 54.5 Å². The normalized spacial score (nSPS) is 16.1. The molecule has 0 bridgehead atoms. The summed E-state index contributed by atoms with van der Waals surface area (Å²) in [6.07, 6.45) is 0.652. The number of rotatable bonds is 8. The maximum absolute atomic E-state index is 12.5. The summed E-state index contributed by atoms with van der Waals surface area (Å²) in [5, 5.41) is 12.8. The molecule has 2 heterocycles. The number of anilines is 2. The van der Waals surface area contributed by atoms with Crippen LogP contribution >= 0.6 is 11.5 Å². The number of aliphatic hydroxyl groups is 1. The van der Waals surface area contributed by atoms with E-state index < -0.39 is 6.04 Å². The van der Waals surface area contributed by atoms with Crippen LogP contribution in [0.3, 0.4) is 0 Å². The van der Waals surface area contributed by atoms with E-state index in [-0.39, 0.29) is 12.5 Å². The summed E-state index contributed by atoms with van der Waals surface area (Å²) in [5.41, 5.74) is 10.1. The Morgan fingerprint density at radius 2 is 1.90 bits per heavy atom. The number of nitrogens with one attached hydrogen (secondary N) is 1. The highest BCUT2D eigenvalue weighted by Gasteiger charge is 2.21. The van der Waals surface area contributed by atoms with Crippen LogP contribution in [0.4, 0.5) is 10.7 Å². The van der Waals surface area contributed by atoms with Crippen molar-refractivity contribution in [2.45, 2.75) is 33.2 Å². The molecule has 1 atom stereocenters. The molecule has 0 aliphatic carbocycles. The van der Waals surface area contributed by atoms with Gasteiger partial charge in [0.1, 0.15) is 5.00 Å². The molecule has 1 aromatic carbocycles. The Hall–Kier alpha value is -2.00. The summed E-state index contributed by atoms with van der Waals surface area (Å²) in [6.45, 7) is 10.9. The zero-order chi connectivity index (χ0) is 21.7. The molecule has 0 unspecified atom stereocenters. The van der Waals surface area contributed by atoms with Gasteiger partial charge in [-0.2, -0.15) is 4.37 Å². The van der Waals surface area contributed by atoms with E-state index in [9.17, 15) is 4.79 Å². The highest BCUT2D eigenvalue weighted by Crippen LogP contribution is 2.35. The summed E-state index contributed by atoms with van der Waals surface area (Å²) >= 11 is 1.30. The third-order valence-electron chi connectivity index (χ3n) is 5.47. The minimum absolute atomic E-state index is 0.161. The largest absolute Gasteiger partial charge is 0.395 e. The third-order valence-corrected chi connectivity index (χ3v) is 6.33. The second kappa shape index (κ2) is 10.3. The molecule has 1 fully saturated rings. The molecule has 0 spiro atoms. The van der Waals surface area contributed by atoms with Crippen molar-refractivity contribution in [3.05, 3.63) is 30.0 Å². The molecule has 1 aromatic heterocycles. The molecule has 4 N–H and O–H groups in total. The van der Waals surface area contributed by atoms with Crippen molar-refractivity contribution in [3.8, 4) is 11.1 Å². The molecule has 0 radical (unpaired) electrons. The topological polar surface area (TPSA) is 94.7 Å². The fraction of sp³-hybridized carbons (Fsp3) is 0.545. The molecule has 8 heteroatoms. The average molecular weight is 432 g/mol. The van der Waals surface area contributed by atoms with E-state index >= 15 is 0 Å². The number of β-amino-alcohol motifs (C(OH)–C–C–N with tert-alkyl or cyclic N) is 1. The fourth-order valence-electron chi connectivity index (χ4n) is 3.82. The predicted molar refractivity (Wildman–Crippen MR) is 124 cm³/mol. The smallest absolute Gasteiger partial charge is 0.241 e. The summed E-state index contributed by atoms with van der Waals surface area (Å²) in [7, 11) is 0. The minimum atomic E-state index is -0.521. The van der Waals surface area contributed by atoms with E-state index in [1.165, 1.54) is 17.2 Å². The van der Waals surface area contributed by atoms with Gasteiger partial charge in [-0.05, 0) is 48.5 Å². The lowest BCUT2D eigenvalue weighted by molar-refractivity contribution is -0.117. The standard InChI is InChI=1S/C22H33N5O2S/c1-15(2)14-19(23)21(29)24-22-20(16(3)25-30-22)17-4-6-18(7-5-17)27-10-8-26(9-11-27)12-13-28/h4-7,15,19,28H,8-14,23H2,1-3H3,(H,24,29)/t19-/m0/s1. The molecule has 1 saturated heterocycles. The van der Waals surface area contributed by atoms with Crippen LogP contribution in [0.1, 0.15) is 26.0 Å². The first-order valence-corrected chi connectivity index (χ1v) is 11.4. The first-order valence-electron chi connectivity index (χ1n) is 10.6. The van der Waals surface area contributed by atoms with Gasteiger partial charge in [-0.1, -0.05) is 26.0 Å². The molecule has 1 aliphatic rings. The van der Waals surface area contributed by atoms with Gasteiger partial charge in [0.05, 0.1) is 18.3 Å².